The molecule has 1 aliphatic rings. The van der Waals surface area contributed by atoms with Gasteiger partial charge in [-0.1, -0.05) is 30.7 Å². The second-order valence-electron chi connectivity index (χ2n) is 4.96. The Morgan fingerprint density at radius 1 is 1.18 bits per heavy atom. The smallest absolute Gasteiger partial charge is 0.123 e. The first-order valence-electron chi connectivity index (χ1n) is 6.05. The SMILES string of the molecule is OCC1(c2cccc3cc(F)ccc23)CCC1. The standard InChI is InChI=1S/C15H15FO/c16-12-5-6-13-11(9-12)3-1-4-14(13)15(10-17)7-2-8-15/h1,3-6,9,17H,2,7-8,10H2. The van der Waals surface area contributed by atoms with E-state index in [1.165, 1.54) is 11.6 Å². The molecule has 1 fully saturated rings. The van der Waals surface area contributed by atoms with E-state index < -0.39 is 0 Å². The highest BCUT2D eigenvalue weighted by molar-refractivity contribution is 5.87. The molecule has 2 aromatic rings. The molecule has 0 atom stereocenters. The lowest BCUT2D eigenvalue weighted by molar-refractivity contribution is 0.121. The van der Waals surface area contributed by atoms with Gasteiger partial charge in [-0.05, 0) is 41.3 Å². The van der Waals surface area contributed by atoms with Gasteiger partial charge < -0.3 is 5.11 Å². The summed E-state index contributed by atoms with van der Waals surface area (Å²) in [5.74, 6) is -0.207. The summed E-state index contributed by atoms with van der Waals surface area (Å²) < 4.78 is 13.2. The highest BCUT2D eigenvalue weighted by Crippen LogP contribution is 2.45. The van der Waals surface area contributed by atoms with Crippen molar-refractivity contribution in [2.45, 2.75) is 24.7 Å². The molecule has 1 aliphatic carbocycles. The maximum atomic E-state index is 13.2. The fourth-order valence-electron chi connectivity index (χ4n) is 2.83. The van der Waals surface area contributed by atoms with E-state index in [1.54, 1.807) is 6.07 Å². The van der Waals surface area contributed by atoms with Crippen molar-refractivity contribution in [2.75, 3.05) is 6.61 Å². The second kappa shape index (κ2) is 3.81. The van der Waals surface area contributed by atoms with E-state index in [1.807, 2.05) is 18.2 Å². The van der Waals surface area contributed by atoms with Crippen molar-refractivity contribution < 1.29 is 9.50 Å². The van der Waals surface area contributed by atoms with E-state index in [-0.39, 0.29) is 17.8 Å². The van der Waals surface area contributed by atoms with Crippen LogP contribution in [0, 0.1) is 5.82 Å². The Balaban J connectivity index is 2.23. The highest BCUT2D eigenvalue weighted by atomic mass is 19.1. The molecule has 0 amide bonds. The predicted octanol–water partition coefficient (Wildman–Crippen LogP) is 3.39. The fraction of sp³-hybridized carbons (Fsp3) is 0.333. The lowest BCUT2D eigenvalue weighted by Gasteiger charge is -2.41. The molecule has 3 rings (SSSR count). The van der Waals surface area contributed by atoms with Crippen LogP contribution in [0.3, 0.4) is 0 Å². The van der Waals surface area contributed by atoms with Gasteiger partial charge in [-0.15, -0.1) is 0 Å². The molecule has 1 N–H and O–H groups in total. The van der Waals surface area contributed by atoms with Crippen LogP contribution in [0.1, 0.15) is 24.8 Å². The van der Waals surface area contributed by atoms with Crippen molar-refractivity contribution in [1.29, 1.82) is 0 Å². The van der Waals surface area contributed by atoms with Gasteiger partial charge in [0.25, 0.3) is 0 Å². The monoisotopic (exact) mass is 230 g/mol. The summed E-state index contributed by atoms with van der Waals surface area (Å²) in [7, 11) is 0. The third-order valence-corrected chi connectivity index (χ3v) is 4.03. The molecule has 0 radical (unpaired) electrons. The van der Waals surface area contributed by atoms with Crippen molar-refractivity contribution in [1.82, 2.24) is 0 Å². The van der Waals surface area contributed by atoms with Crippen molar-refractivity contribution in [3.05, 3.63) is 47.8 Å². The summed E-state index contributed by atoms with van der Waals surface area (Å²) in [4.78, 5) is 0. The normalized spacial score (nSPS) is 18.0. The Bertz CT molecular complexity index is 552. The second-order valence-corrected chi connectivity index (χ2v) is 4.96. The molecule has 88 valence electrons. The summed E-state index contributed by atoms with van der Waals surface area (Å²) in [6.45, 7) is 0.184. The first kappa shape index (κ1) is 10.7. The van der Waals surface area contributed by atoms with Crippen LogP contribution in [0.2, 0.25) is 0 Å². The first-order chi connectivity index (χ1) is 8.25. The molecule has 0 heterocycles. The summed E-state index contributed by atoms with van der Waals surface area (Å²) >= 11 is 0. The Kier molecular flexibility index (Phi) is 2.40. The summed E-state index contributed by atoms with van der Waals surface area (Å²) in [5.41, 5.74) is 1.08. The van der Waals surface area contributed by atoms with Crippen LogP contribution < -0.4 is 0 Å². The Labute approximate surface area is 99.9 Å². The quantitative estimate of drug-likeness (QED) is 0.838. The average Bonchev–Trinajstić information content (AvgIpc) is 2.28. The Morgan fingerprint density at radius 3 is 2.65 bits per heavy atom. The van der Waals surface area contributed by atoms with Gasteiger partial charge in [0.15, 0.2) is 0 Å². The molecular weight excluding hydrogens is 215 g/mol. The third-order valence-electron chi connectivity index (χ3n) is 4.03. The van der Waals surface area contributed by atoms with Crippen LogP contribution >= 0.6 is 0 Å². The van der Waals surface area contributed by atoms with E-state index >= 15 is 0 Å². The van der Waals surface area contributed by atoms with E-state index in [0.717, 1.165) is 30.0 Å². The largest absolute Gasteiger partial charge is 0.395 e. The molecule has 17 heavy (non-hydrogen) atoms. The third kappa shape index (κ3) is 1.55. The van der Waals surface area contributed by atoms with E-state index in [9.17, 15) is 9.50 Å². The van der Waals surface area contributed by atoms with Crippen LogP contribution in [-0.4, -0.2) is 11.7 Å². The zero-order valence-corrected chi connectivity index (χ0v) is 9.62. The summed E-state index contributed by atoms with van der Waals surface area (Å²) in [6, 6.07) is 10.8. The Morgan fingerprint density at radius 2 is 2.00 bits per heavy atom. The van der Waals surface area contributed by atoms with E-state index in [4.69, 9.17) is 0 Å². The van der Waals surface area contributed by atoms with E-state index in [2.05, 4.69) is 6.07 Å². The number of benzene rings is 2. The molecule has 0 spiro atoms. The van der Waals surface area contributed by atoms with Gasteiger partial charge in [-0.25, -0.2) is 4.39 Å². The highest BCUT2D eigenvalue weighted by Gasteiger charge is 2.38. The fourth-order valence-corrected chi connectivity index (χ4v) is 2.83. The molecule has 1 nitrogen and oxygen atoms in total. The molecule has 1 saturated carbocycles. The molecular formula is C15H15FO. The summed E-state index contributed by atoms with van der Waals surface area (Å²) in [5, 5.41) is 11.6. The van der Waals surface area contributed by atoms with Crippen LogP contribution in [0.5, 0.6) is 0 Å². The number of hydrogen-bond acceptors (Lipinski definition) is 1. The van der Waals surface area contributed by atoms with Gasteiger partial charge in [-0.2, -0.15) is 0 Å². The minimum absolute atomic E-state index is 0.0860. The minimum Gasteiger partial charge on any atom is -0.395 e. The van der Waals surface area contributed by atoms with Crippen molar-refractivity contribution in [3.63, 3.8) is 0 Å². The zero-order valence-electron chi connectivity index (χ0n) is 9.62. The molecule has 2 heteroatoms. The number of fused-ring (bicyclic) bond motifs is 1. The van der Waals surface area contributed by atoms with Crippen molar-refractivity contribution >= 4 is 10.8 Å². The van der Waals surface area contributed by atoms with Gasteiger partial charge in [0.1, 0.15) is 5.82 Å². The summed E-state index contributed by atoms with van der Waals surface area (Å²) in [6.07, 6.45) is 3.22. The van der Waals surface area contributed by atoms with Crippen molar-refractivity contribution in [3.8, 4) is 0 Å². The average molecular weight is 230 g/mol. The van der Waals surface area contributed by atoms with Crippen LogP contribution in [0.25, 0.3) is 10.8 Å². The van der Waals surface area contributed by atoms with Crippen LogP contribution in [-0.2, 0) is 5.41 Å². The number of rotatable bonds is 2. The molecule has 2 aromatic carbocycles. The minimum atomic E-state index is -0.207. The number of hydrogen-bond donors (Lipinski definition) is 1. The number of halogens is 1. The topological polar surface area (TPSA) is 20.2 Å². The predicted molar refractivity (Wildman–Crippen MR) is 66.5 cm³/mol. The molecule has 0 unspecified atom stereocenters. The number of aliphatic hydroxyl groups is 1. The lowest BCUT2D eigenvalue weighted by Crippen LogP contribution is -2.38. The maximum absolute atomic E-state index is 13.2. The lowest BCUT2D eigenvalue weighted by atomic mass is 9.64. The molecule has 0 saturated heterocycles. The van der Waals surface area contributed by atoms with Crippen LogP contribution in [0.15, 0.2) is 36.4 Å². The molecule has 0 bridgehead atoms. The van der Waals surface area contributed by atoms with Gasteiger partial charge in [0.2, 0.25) is 0 Å². The first-order valence-corrected chi connectivity index (χ1v) is 6.05. The van der Waals surface area contributed by atoms with E-state index in [0.29, 0.717) is 0 Å². The Hall–Kier alpha value is -1.41. The molecule has 0 aromatic heterocycles. The van der Waals surface area contributed by atoms with Gasteiger partial charge in [0.05, 0.1) is 6.61 Å². The van der Waals surface area contributed by atoms with Crippen molar-refractivity contribution in [2.24, 2.45) is 0 Å². The van der Waals surface area contributed by atoms with Crippen LogP contribution in [0.4, 0.5) is 4.39 Å². The zero-order chi connectivity index (χ0) is 11.9. The maximum Gasteiger partial charge on any atom is 0.123 e. The number of aliphatic hydroxyl groups excluding tert-OH is 1. The molecule has 0 aliphatic heterocycles. The van der Waals surface area contributed by atoms with Gasteiger partial charge in [0, 0.05) is 5.41 Å². The van der Waals surface area contributed by atoms with Gasteiger partial charge in [-0.3, -0.25) is 0 Å². The van der Waals surface area contributed by atoms with Gasteiger partial charge >= 0.3 is 0 Å².